The summed E-state index contributed by atoms with van der Waals surface area (Å²) in [4.78, 5) is 4.29. The Morgan fingerprint density at radius 1 is 1.29 bits per heavy atom. The minimum atomic E-state index is 0.153. The van der Waals surface area contributed by atoms with Crippen molar-refractivity contribution in [1.29, 1.82) is 0 Å². The van der Waals surface area contributed by atoms with Gasteiger partial charge in [-0.3, -0.25) is 4.98 Å². The Kier molecular flexibility index (Phi) is 6.15. The lowest BCUT2D eigenvalue weighted by atomic mass is 10.1. The maximum absolute atomic E-state index is 6.01. The number of hydrogen-bond acceptors (Lipinski definition) is 4. The van der Waals surface area contributed by atoms with Crippen molar-refractivity contribution in [2.45, 2.75) is 57.8 Å². The molecule has 1 N–H and O–H groups in total. The highest BCUT2D eigenvalue weighted by atomic mass is 16.5. The van der Waals surface area contributed by atoms with Gasteiger partial charge in [0.15, 0.2) is 0 Å². The summed E-state index contributed by atoms with van der Waals surface area (Å²) in [5.41, 5.74) is 1.23. The molecule has 118 valence electrons. The van der Waals surface area contributed by atoms with Gasteiger partial charge in [0.25, 0.3) is 0 Å². The highest BCUT2D eigenvalue weighted by molar-refractivity contribution is 5.03. The first-order valence-corrected chi connectivity index (χ1v) is 7.91. The average molecular weight is 292 g/mol. The Labute approximate surface area is 128 Å². The Hall–Kier alpha value is -0.970. The van der Waals surface area contributed by atoms with Gasteiger partial charge in [-0.25, -0.2) is 0 Å². The first-order valence-electron chi connectivity index (χ1n) is 7.91. The van der Waals surface area contributed by atoms with E-state index >= 15 is 0 Å². The SMILES string of the molecule is CC(C)(C)NCC1CCC(COCCc2ccccn2)O1. The number of aromatic nitrogens is 1. The average Bonchev–Trinajstić information content (AvgIpc) is 2.90. The summed E-state index contributed by atoms with van der Waals surface area (Å²) in [7, 11) is 0. The molecule has 0 spiro atoms. The van der Waals surface area contributed by atoms with Gasteiger partial charge < -0.3 is 14.8 Å². The highest BCUT2D eigenvalue weighted by Gasteiger charge is 2.26. The van der Waals surface area contributed by atoms with Gasteiger partial charge in [-0.1, -0.05) is 6.07 Å². The van der Waals surface area contributed by atoms with Crippen molar-refractivity contribution in [3.05, 3.63) is 30.1 Å². The van der Waals surface area contributed by atoms with Crippen LogP contribution in [0.4, 0.5) is 0 Å². The number of pyridine rings is 1. The van der Waals surface area contributed by atoms with E-state index < -0.39 is 0 Å². The quantitative estimate of drug-likeness (QED) is 0.785. The van der Waals surface area contributed by atoms with Crippen LogP contribution in [0.15, 0.2) is 24.4 Å². The van der Waals surface area contributed by atoms with E-state index in [-0.39, 0.29) is 11.6 Å². The summed E-state index contributed by atoms with van der Waals surface area (Å²) in [6, 6.07) is 5.97. The van der Waals surface area contributed by atoms with Gasteiger partial charge in [0.1, 0.15) is 0 Å². The number of nitrogens with one attached hydrogen (secondary N) is 1. The van der Waals surface area contributed by atoms with Gasteiger partial charge in [-0.05, 0) is 45.7 Å². The first-order chi connectivity index (χ1) is 10.0. The van der Waals surface area contributed by atoms with Crippen LogP contribution in [-0.2, 0) is 15.9 Å². The van der Waals surface area contributed by atoms with E-state index in [1.807, 2.05) is 24.4 Å². The van der Waals surface area contributed by atoms with E-state index in [9.17, 15) is 0 Å². The molecular weight excluding hydrogens is 264 g/mol. The fraction of sp³-hybridized carbons (Fsp3) is 0.706. The van der Waals surface area contributed by atoms with Crippen molar-refractivity contribution < 1.29 is 9.47 Å². The Balaban J connectivity index is 1.56. The zero-order chi connectivity index (χ0) is 15.1. The molecular formula is C17H28N2O2. The van der Waals surface area contributed by atoms with Crippen molar-refractivity contribution >= 4 is 0 Å². The number of ether oxygens (including phenoxy) is 2. The summed E-state index contributed by atoms with van der Waals surface area (Å²) >= 11 is 0. The maximum Gasteiger partial charge on any atom is 0.0813 e. The van der Waals surface area contributed by atoms with E-state index in [4.69, 9.17) is 9.47 Å². The van der Waals surface area contributed by atoms with E-state index in [2.05, 4.69) is 31.1 Å². The van der Waals surface area contributed by atoms with Crippen LogP contribution >= 0.6 is 0 Å². The summed E-state index contributed by atoms with van der Waals surface area (Å²) in [6.45, 7) is 8.87. The molecule has 2 atom stereocenters. The molecule has 4 heteroatoms. The molecule has 0 aromatic carbocycles. The standard InChI is InChI=1S/C17H28N2O2/c1-17(2,3)19-12-15-7-8-16(21-15)13-20-11-9-14-6-4-5-10-18-14/h4-6,10,15-16,19H,7-9,11-13H2,1-3H3. The van der Waals surface area contributed by atoms with Gasteiger partial charge in [-0.15, -0.1) is 0 Å². The molecule has 2 unspecified atom stereocenters. The molecule has 0 saturated carbocycles. The van der Waals surface area contributed by atoms with Gasteiger partial charge in [0, 0.05) is 30.4 Å². The second-order valence-electron chi connectivity index (χ2n) is 6.73. The number of nitrogens with zero attached hydrogens (tertiary/aromatic N) is 1. The van der Waals surface area contributed by atoms with Crippen molar-refractivity contribution in [3.8, 4) is 0 Å². The smallest absolute Gasteiger partial charge is 0.0813 e. The number of hydrogen-bond donors (Lipinski definition) is 1. The van der Waals surface area contributed by atoms with Crippen molar-refractivity contribution in [1.82, 2.24) is 10.3 Å². The summed E-state index contributed by atoms with van der Waals surface area (Å²) in [5.74, 6) is 0. The van der Waals surface area contributed by atoms with Gasteiger partial charge >= 0.3 is 0 Å². The van der Waals surface area contributed by atoms with Crippen LogP contribution in [0.1, 0.15) is 39.3 Å². The van der Waals surface area contributed by atoms with Gasteiger partial charge in [-0.2, -0.15) is 0 Å². The molecule has 0 radical (unpaired) electrons. The zero-order valence-corrected chi connectivity index (χ0v) is 13.5. The Morgan fingerprint density at radius 3 is 2.81 bits per heavy atom. The monoisotopic (exact) mass is 292 g/mol. The van der Waals surface area contributed by atoms with Crippen LogP contribution in [0.25, 0.3) is 0 Å². The van der Waals surface area contributed by atoms with Crippen molar-refractivity contribution in [2.75, 3.05) is 19.8 Å². The lowest BCUT2D eigenvalue weighted by molar-refractivity contribution is -0.0151. The second-order valence-corrected chi connectivity index (χ2v) is 6.73. The lowest BCUT2D eigenvalue weighted by Gasteiger charge is -2.23. The summed E-state index contributed by atoms with van der Waals surface area (Å²) in [5, 5.41) is 3.50. The van der Waals surface area contributed by atoms with Crippen molar-refractivity contribution in [3.63, 3.8) is 0 Å². The van der Waals surface area contributed by atoms with E-state index in [0.29, 0.717) is 19.3 Å². The normalized spacial score (nSPS) is 22.6. The topological polar surface area (TPSA) is 43.4 Å². The van der Waals surface area contributed by atoms with Crippen LogP contribution in [0.2, 0.25) is 0 Å². The minimum absolute atomic E-state index is 0.153. The molecule has 4 nitrogen and oxygen atoms in total. The Bertz CT molecular complexity index is 403. The summed E-state index contributed by atoms with van der Waals surface area (Å²) < 4.78 is 11.7. The van der Waals surface area contributed by atoms with Crippen LogP contribution < -0.4 is 5.32 Å². The van der Waals surface area contributed by atoms with E-state index in [1.54, 1.807) is 0 Å². The van der Waals surface area contributed by atoms with Crippen LogP contribution in [-0.4, -0.2) is 42.5 Å². The molecule has 1 saturated heterocycles. The van der Waals surface area contributed by atoms with Gasteiger partial charge in [0.2, 0.25) is 0 Å². The maximum atomic E-state index is 6.01. The third kappa shape index (κ3) is 6.55. The van der Waals surface area contributed by atoms with E-state index in [1.165, 1.54) is 0 Å². The van der Waals surface area contributed by atoms with Crippen LogP contribution in [0.3, 0.4) is 0 Å². The highest BCUT2D eigenvalue weighted by Crippen LogP contribution is 2.20. The lowest BCUT2D eigenvalue weighted by Crippen LogP contribution is -2.41. The fourth-order valence-electron chi connectivity index (χ4n) is 2.41. The zero-order valence-electron chi connectivity index (χ0n) is 13.5. The Morgan fingerprint density at radius 2 is 2.10 bits per heavy atom. The molecule has 1 fully saturated rings. The third-order valence-electron chi connectivity index (χ3n) is 3.59. The molecule has 1 aliphatic heterocycles. The van der Waals surface area contributed by atoms with E-state index in [0.717, 1.165) is 31.5 Å². The fourth-order valence-corrected chi connectivity index (χ4v) is 2.41. The predicted octanol–water partition coefficient (Wildman–Crippen LogP) is 2.58. The minimum Gasteiger partial charge on any atom is -0.378 e. The second kappa shape index (κ2) is 7.87. The number of rotatable bonds is 7. The molecule has 2 rings (SSSR count). The molecule has 0 amide bonds. The van der Waals surface area contributed by atoms with Crippen LogP contribution in [0.5, 0.6) is 0 Å². The molecule has 1 aromatic rings. The predicted molar refractivity (Wildman–Crippen MR) is 84.4 cm³/mol. The van der Waals surface area contributed by atoms with Gasteiger partial charge in [0.05, 0.1) is 25.4 Å². The van der Waals surface area contributed by atoms with Crippen molar-refractivity contribution in [2.24, 2.45) is 0 Å². The van der Waals surface area contributed by atoms with Crippen LogP contribution in [0, 0.1) is 0 Å². The molecule has 2 heterocycles. The molecule has 0 bridgehead atoms. The molecule has 1 aliphatic rings. The molecule has 0 aliphatic carbocycles. The molecule has 21 heavy (non-hydrogen) atoms. The summed E-state index contributed by atoms with van der Waals surface area (Å²) in [6.07, 6.45) is 5.48. The first kappa shape index (κ1) is 16.4. The molecule has 1 aromatic heterocycles. The largest absolute Gasteiger partial charge is 0.378 e. The third-order valence-corrected chi connectivity index (χ3v) is 3.59.